The Morgan fingerprint density at radius 2 is 2.00 bits per heavy atom. The van der Waals surface area contributed by atoms with Crippen molar-refractivity contribution in [3.05, 3.63) is 65.9 Å². The van der Waals surface area contributed by atoms with E-state index in [4.69, 9.17) is 4.42 Å². The molecule has 2 amide bonds. The lowest BCUT2D eigenvalue weighted by Gasteiger charge is -2.06. The average Bonchev–Trinajstić information content (AvgIpc) is 3.24. The van der Waals surface area contributed by atoms with E-state index in [1.54, 1.807) is 43.3 Å². The maximum absolute atomic E-state index is 13.5. The summed E-state index contributed by atoms with van der Waals surface area (Å²) in [6.45, 7) is 1.67. The van der Waals surface area contributed by atoms with E-state index in [9.17, 15) is 14.0 Å². The van der Waals surface area contributed by atoms with Gasteiger partial charge in [-0.2, -0.15) is 0 Å². The number of thioether (sulfide) groups is 1. The fourth-order valence-corrected chi connectivity index (χ4v) is 3.11. The molecule has 0 saturated carbocycles. The third kappa shape index (κ3) is 6.15. The Labute approximate surface area is 171 Å². The first-order valence-electron chi connectivity index (χ1n) is 8.88. The van der Waals surface area contributed by atoms with Crippen LogP contribution in [0.2, 0.25) is 0 Å². The third-order valence-electron chi connectivity index (χ3n) is 3.88. The van der Waals surface area contributed by atoms with E-state index in [2.05, 4.69) is 20.8 Å². The zero-order valence-electron chi connectivity index (χ0n) is 15.6. The summed E-state index contributed by atoms with van der Waals surface area (Å²) in [5.74, 6) is 0.265. The van der Waals surface area contributed by atoms with Crippen molar-refractivity contribution < 1.29 is 18.4 Å². The van der Waals surface area contributed by atoms with Gasteiger partial charge in [0.1, 0.15) is 10.8 Å². The molecule has 3 aromatic rings. The number of aromatic nitrogens is 2. The highest BCUT2D eigenvalue weighted by Gasteiger charge is 2.10. The number of hydrogen-bond acceptors (Lipinski definition) is 6. The van der Waals surface area contributed by atoms with Crippen molar-refractivity contribution in [1.82, 2.24) is 10.2 Å². The van der Waals surface area contributed by atoms with Gasteiger partial charge in [-0.25, -0.2) is 4.39 Å². The molecular weight excluding hydrogens is 395 g/mol. The average molecular weight is 414 g/mol. The van der Waals surface area contributed by atoms with Gasteiger partial charge >= 0.3 is 0 Å². The zero-order valence-corrected chi connectivity index (χ0v) is 16.5. The largest absolute Gasteiger partial charge is 0.459 e. The van der Waals surface area contributed by atoms with Gasteiger partial charge in [-0.1, -0.05) is 6.07 Å². The van der Waals surface area contributed by atoms with Gasteiger partial charge < -0.3 is 15.1 Å². The van der Waals surface area contributed by atoms with Gasteiger partial charge in [-0.3, -0.25) is 9.59 Å². The Hall–Kier alpha value is -3.20. The molecule has 1 aromatic carbocycles. The molecule has 0 saturated heterocycles. The molecule has 2 aromatic heterocycles. The highest BCUT2D eigenvalue weighted by Crippen LogP contribution is 2.18. The molecule has 0 aliphatic carbocycles. The second-order valence-corrected chi connectivity index (χ2v) is 7.27. The van der Waals surface area contributed by atoms with Crippen LogP contribution in [0.3, 0.4) is 0 Å². The van der Waals surface area contributed by atoms with Crippen LogP contribution in [-0.2, 0) is 4.79 Å². The Morgan fingerprint density at radius 1 is 1.14 bits per heavy atom. The quantitative estimate of drug-likeness (QED) is 0.422. The van der Waals surface area contributed by atoms with Crippen LogP contribution in [0.1, 0.15) is 29.0 Å². The second-order valence-electron chi connectivity index (χ2n) is 6.15. The normalized spacial score (nSPS) is 10.6. The van der Waals surface area contributed by atoms with Crippen molar-refractivity contribution >= 4 is 35.1 Å². The molecule has 0 spiro atoms. The van der Waals surface area contributed by atoms with Crippen LogP contribution in [0.25, 0.3) is 0 Å². The molecule has 0 fully saturated rings. The standard InChI is InChI=1S/C20H19FN4O3S/c1-13-6-7-14(12-15(13)21)22-18(26)5-3-11-29-19-9-8-17(24-25-19)23-20(27)16-4-2-10-28-16/h2,4,6-10,12H,3,5,11H2,1H3,(H,22,26)(H,23,24,27). The van der Waals surface area contributed by atoms with Crippen LogP contribution in [-0.4, -0.2) is 27.8 Å². The number of hydrogen-bond donors (Lipinski definition) is 2. The number of rotatable bonds is 8. The molecule has 0 aliphatic rings. The van der Waals surface area contributed by atoms with E-state index in [1.165, 1.54) is 24.1 Å². The number of aryl methyl sites for hydroxylation is 1. The molecule has 9 heteroatoms. The van der Waals surface area contributed by atoms with Gasteiger partial charge in [0.2, 0.25) is 5.91 Å². The van der Waals surface area contributed by atoms with Crippen LogP contribution < -0.4 is 10.6 Å². The van der Waals surface area contributed by atoms with Gasteiger partial charge in [-0.15, -0.1) is 22.0 Å². The van der Waals surface area contributed by atoms with Crippen LogP contribution in [0.5, 0.6) is 0 Å². The first-order chi connectivity index (χ1) is 14.0. The number of carbonyl (C=O) groups excluding carboxylic acids is 2. The first kappa shape index (κ1) is 20.5. The summed E-state index contributed by atoms with van der Waals surface area (Å²) in [5.41, 5.74) is 0.982. The molecular formula is C20H19FN4O3S. The van der Waals surface area contributed by atoms with E-state index < -0.39 is 5.91 Å². The van der Waals surface area contributed by atoms with E-state index in [1.807, 2.05) is 0 Å². The van der Waals surface area contributed by atoms with E-state index in [-0.39, 0.29) is 17.5 Å². The number of anilines is 2. The zero-order chi connectivity index (χ0) is 20.6. The van der Waals surface area contributed by atoms with E-state index >= 15 is 0 Å². The molecule has 0 aliphatic heterocycles. The first-order valence-corrected chi connectivity index (χ1v) is 9.87. The summed E-state index contributed by atoms with van der Waals surface area (Å²) < 4.78 is 18.5. The van der Waals surface area contributed by atoms with E-state index in [0.717, 1.165) is 0 Å². The lowest BCUT2D eigenvalue weighted by atomic mass is 10.2. The van der Waals surface area contributed by atoms with Gasteiger partial charge in [0.05, 0.1) is 6.26 Å². The molecule has 3 rings (SSSR count). The van der Waals surface area contributed by atoms with Crippen LogP contribution in [0.4, 0.5) is 15.9 Å². The summed E-state index contributed by atoms with van der Waals surface area (Å²) in [4.78, 5) is 23.8. The Bertz CT molecular complexity index is 978. The van der Waals surface area contributed by atoms with Crippen molar-refractivity contribution in [3.8, 4) is 0 Å². The Kier molecular flexibility index (Phi) is 6.96. The number of carbonyl (C=O) groups is 2. The van der Waals surface area contributed by atoms with Crippen molar-refractivity contribution in [1.29, 1.82) is 0 Å². The number of furan rings is 1. The maximum Gasteiger partial charge on any atom is 0.292 e. The fourth-order valence-electron chi connectivity index (χ4n) is 2.35. The monoisotopic (exact) mass is 414 g/mol. The summed E-state index contributed by atoms with van der Waals surface area (Å²) in [6.07, 6.45) is 2.36. The SMILES string of the molecule is Cc1ccc(NC(=O)CCCSc2ccc(NC(=O)c3ccco3)nn2)cc1F. The number of amides is 2. The molecule has 150 valence electrons. The topological polar surface area (TPSA) is 97.1 Å². The van der Waals surface area contributed by atoms with Crippen LogP contribution in [0.15, 0.2) is 58.2 Å². The van der Waals surface area contributed by atoms with Crippen molar-refractivity contribution in [2.75, 3.05) is 16.4 Å². The summed E-state index contributed by atoms with van der Waals surface area (Å²) in [5, 5.41) is 13.9. The molecule has 0 unspecified atom stereocenters. The summed E-state index contributed by atoms with van der Waals surface area (Å²) in [6, 6.07) is 11.2. The number of nitrogens with zero attached hydrogens (tertiary/aromatic N) is 2. The fraction of sp³-hybridized carbons (Fsp3) is 0.200. The second kappa shape index (κ2) is 9.83. The number of benzene rings is 1. The lowest BCUT2D eigenvalue weighted by Crippen LogP contribution is -2.12. The minimum atomic E-state index is -0.399. The highest BCUT2D eigenvalue weighted by atomic mass is 32.2. The molecule has 0 radical (unpaired) electrons. The van der Waals surface area contributed by atoms with Crippen molar-refractivity contribution in [2.24, 2.45) is 0 Å². The minimum Gasteiger partial charge on any atom is -0.459 e. The van der Waals surface area contributed by atoms with Gasteiger partial charge in [0, 0.05) is 17.9 Å². The van der Waals surface area contributed by atoms with Gasteiger partial charge in [-0.05, 0) is 55.3 Å². The Morgan fingerprint density at radius 3 is 2.69 bits per heavy atom. The van der Waals surface area contributed by atoms with Gasteiger partial charge in [0.25, 0.3) is 5.91 Å². The van der Waals surface area contributed by atoms with E-state index in [0.29, 0.717) is 40.7 Å². The van der Waals surface area contributed by atoms with Crippen LogP contribution in [0, 0.1) is 12.7 Å². The summed E-state index contributed by atoms with van der Waals surface area (Å²) >= 11 is 1.45. The molecule has 29 heavy (non-hydrogen) atoms. The molecule has 0 atom stereocenters. The van der Waals surface area contributed by atoms with Crippen molar-refractivity contribution in [2.45, 2.75) is 24.8 Å². The Balaban J connectivity index is 1.38. The molecule has 2 heterocycles. The summed E-state index contributed by atoms with van der Waals surface area (Å²) in [7, 11) is 0. The maximum atomic E-state index is 13.5. The number of halogens is 1. The highest BCUT2D eigenvalue weighted by molar-refractivity contribution is 7.99. The smallest absolute Gasteiger partial charge is 0.292 e. The third-order valence-corrected chi connectivity index (χ3v) is 4.89. The predicted molar refractivity (Wildman–Crippen MR) is 108 cm³/mol. The van der Waals surface area contributed by atoms with Gasteiger partial charge in [0.15, 0.2) is 11.6 Å². The predicted octanol–water partition coefficient (Wildman–Crippen LogP) is 4.28. The minimum absolute atomic E-state index is 0.170. The molecule has 2 N–H and O–H groups in total. The molecule has 0 bridgehead atoms. The number of nitrogens with one attached hydrogen (secondary N) is 2. The lowest BCUT2D eigenvalue weighted by molar-refractivity contribution is -0.116. The molecule has 7 nitrogen and oxygen atoms in total. The van der Waals surface area contributed by atoms with Crippen LogP contribution >= 0.6 is 11.8 Å². The van der Waals surface area contributed by atoms with Crippen molar-refractivity contribution in [3.63, 3.8) is 0 Å².